The quantitative estimate of drug-likeness (QED) is 0.788. The minimum Gasteiger partial charge on any atom is -0.478 e. The largest absolute Gasteiger partial charge is 0.478 e. The summed E-state index contributed by atoms with van der Waals surface area (Å²) in [5, 5.41) is 9.01. The number of benzene rings is 1. The molecule has 19 heavy (non-hydrogen) atoms. The smallest absolute Gasteiger partial charge is 0.337 e. The highest BCUT2D eigenvalue weighted by Gasteiger charge is 2.12. The van der Waals surface area contributed by atoms with Crippen LogP contribution in [0.1, 0.15) is 16.2 Å². The standard InChI is InChI=1S/C12H12F2N2O3/c13-9(14)6-19-5-4-10-15-8-3-1-2-7(12(17)18)11(8)16-10/h1-3,9H,4-6H2,(H,15,16)(H,17,18). The number of H-pyrrole nitrogens is 1. The molecule has 0 atom stereocenters. The topological polar surface area (TPSA) is 75.2 Å². The van der Waals surface area contributed by atoms with Crippen molar-refractivity contribution >= 4 is 17.0 Å². The van der Waals surface area contributed by atoms with Gasteiger partial charge >= 0.3 is 5.97 Å². The third kappa shape index (κ3) is 3.25. The summed E-state index contributed by atoms with van der Waals surface area (Å²) in [5.74, 6) is -0.546. The van der Waals surface area contributed by atoms with E-state index in [1.807, 2.05) is 0 Å². The number of fused-ring (bicyclic) bond motifs is 1. The van der Waals surface area contributed by atoms with Crippen LogP contribution in [0.4, 0.5) is 8.78 Å². The number of carboxylic acids is 1. The van der Waals surface area contributed by atoms with Gasteiger partial charge < -0.3 is 14.8 Å². The second kappa shape index (κ2) is 5.75. The van der Waals surface area contributed by atoms with Gasteiger partial charge in [0.1, 0.15) is 17.9 Å². The number of aromatic amines is 1. The van der Waals surface area contributed by atoms with Crippen molar-refractivity contribution in [3.63, 3.8) is 0 Å². The summed E-state index contributed by atoms with van der Waals surface area (Å²) in [4.78, 5) is 18.1. The Kier molecular flexibility index (Phi) is 4.06. The number of nitrogens with one attached hydrogen (secondary N) is 1. The Morgan fingerprint density at radius 1 is 1.47 bits per heavy atom. The van der Waals surface area contributed by atoms with E-state index in [0.29, 0.717) is 23.3 Å². The number of hydrogen-bond acceptors (Lipinski definition) is 3. The normalized spacial score (nSPS) is 11.3. The number of ether oxygens (including phenoxy) is 1. The van der Waals surface area contributed by atoms with Gasteiger partial charge in [0.25, 0.3) is 6.43 Å². The highest BCUT2D eigenvalue weighted by Crippen LogP contribution is 2.16. The first kappa shape index (κ1) is 13.4. The number of aromatic nitrogens is 2. The maximum Gasteiger partial charge on any atom is 0.337 e. The van der Waals surface area contributed by atoms with E-state index >= 15 is 0 Å². The number of rotatable bonds is 6. The van der Waals surface area contributed by atoms with Gasteiger partial charge in [-0.05, 0) is 12.1 Å². The van der Waals surface area contributed by atoms with Crippen molar-refractivity contribution in [3.8, 4) is 0 Å². The molecule has 1 aromatic heterocycles. The summed E-state index contributed by atoms with van der Waals surface area (Å²) in [5.41, 5.74) is 1.07. The fourth-order valence-electron chi connectivity index (χ4n) is 1.72. The van der Waals surface area contributed by atoms with Crippen molar-refractivity contribution in [1.82, 2.24) is 9.97 Å². The molecule has 2 rings (SSSR count). The first-order chi connectivity index (χ1) is 9.08. The molecule has 5 nitrogen and oxygen atoms in total. The number of alkyl halides is 2. The lowest BCUT2D eigenvalue weighted by molar-refractivity contribution is 0.0183. The van der Waals surface area contributed by atoms with Crippen LogP contribution in [-0.4, -0.2) is 40.7 Å². The molecule has 0 aliphatic carbocycles. The Balaban J connectivity index is 2.09. The predicted molar refractivity (Wildman–Crippen MR) is 63.6 cm³/mol. The van der Waals surface area contributed by atoms with E-state index in [0.717, 1.165) is 0 Å². The zero-order valence-corrected chi connectivity index (χ0v) is 9.90. The maximum absolute atomic E-state index is 11.9. The van der Waals surface area contributed by atoms with Gasteiger partial charge in [-0.1, -0.05) is 6.07 Å². The molecule has 0 saturated heterocycles. The highest BCUT2D eigenvalue weighted by molar-refractivity contribution is 6.00. The second-order valence-corrected chi connectivity index (χ2v) is 3.91. The molecule has 0 radical (unpaired) electrons. The van der Waals surface area contributed by atoms with E-state index in [2.05, 4.69) is 9.97 Å². The van der Waals surface area contributed by atoms with Crippen LogP contribution in [0.5, 0.6) is 0 Å². The zero-order chi connectivity index (χ0) is 13.8. The number of carboxylic acid groups (broad SMARTS) is 1. The van der Waals surface area contributed by atoms with Gasteiger partial charge in [0.15, 0.2) is 0 Å². The van der Waals surface area contributed by atoms with Crippen molar-refractivity contribution in [3.05, 3.63) is 29.6 Å². The average molecular weight is 270 g/mol. The number of para-hydroxylation sites is 1. The first-order valence-corrected chi connectivity index (χ1v) is 5.64. The number of aromatic carboxylic acids is 1. The van der Waals surface area contributed by atoms with Crippen LogP contribution in [0, 0.1) is 0 Å². The number of nitrogens with zero attached hydrogens (tertiary/aromatic N) is 1. The van der Waals surface area contributed by atoms with Gasteiger partial charge in [0, 0.05) is 6.42 Å². The SMILES string of the molecule is O=C(O)c1cccc2[nH]c(CCOCC(F)F)nc12. The molecule has 0 bridgehead atoms. The monoisotopic (exact) mass is 270 g/mol. The molecule has 2 N–H and O–H groups in total. The minimum absolute atomic E-state index is 0.104. The van der Waals surface area contributed by atoms with E-state index < -0.39 is 19.0 Å². The highest BCUT2D eigenvalue weighted by atomic mass is 19.3. The van der Waals surface area contributed by atoms with E-state index in [4.69, 9.17) is 9.84 Å². The van der Waals surface area contributed by atoms with Gasteiger partial charge in [-0.25, -0.2) is 18.6 Å². The van der Waals surface area contributed by atoms with Crippen LogP contribution in [0.25, 0.3) is 11.0 Å². The molecule has 1 aromatic carbocycles. The molecule has 1 heterocycles. The summed E-state index contributed by atoms with van der Waals surface area (Å²) < 4.78 is 28.5. The summed E-state index contributed by atoms with van der Waals surface area (Å²) in [7, 11) is 0. The molecule has 102 valence electrons. The average Bonchev–Trinajstić information content (AvgIpc) is 2.76. The number of carbonyl (C=O) groups is 1. The molecule has 0 spiro atoms. The van der Waals surface area contributed by atoms with Crippen LogP contribution in [0.3, 0.4) is 0 Å². The van der Waals surface area contributed by atoms with Crippen molar-refractivity contribution in [2.75, 3.05) is 13.2 Å². The van der Waals surface area contributed by atoms with Crippen LogP contribution < -0.4 is 0 Å². The van der Waals surface area contributed by atoms with Crippen LogP contribution in [0.15, 0.2) is 18.2 Å². The molecule has 0 fully saturated rings. The fraction of sp³-hybridized carbons (Fsp3) is 0.333. The molecule has 7 heteroatoms. The summed E-state index contributed by atoms with van der Waals surface area (Å²) in [6, 6.07) is 4.78. The van der Waals surface area contributed by atoms with Crippen LogP contribution in [-0.2, 0) is 11.2 Å². The Morgan fingerprint density at radius 3 is 2.95 bits per heavy atom. The lowest BCUT2D eigenvalue weighted by atomic mass is 10.2. The molecule has 2 aromatic rings. The molecular weight excluding hydrogens is 258 g/mol. The van der Waals surface area contributed by atoms with Crippen molar-refractivity contribution < 1.29 is 23.4 Å². The number of imidazole rings is 1. The fourth-order valence-corrected chi connectivity index (χ4v) is 1.72. The summed E-state index contributed by atoms with van der Waals surface area (Å²) in [6.45, 7) is -0.507. The molecule has 0 unspecified atom stereocenters. The van der Waals surface area contributed by atoms with Crippen LogP contribution in [0.2, 0.25) is 0 Å². The molecule has 0 aliphatic heterocycles. The zero-order valence-electron chi connectivity index (χ0n) is 9.90. The minimum atomic E-state index is -2.49. The molecular formula is C12H12F2N2O3. The van der Waals surface area contributed by atoms with Gasteiger partial charge in [0.05, 0.1) is 17.7 Å². The Labute approximate surface area is 107 Å². The van der Waals surface area contributed by atoms with Gasteiger partial charge in [-0.2, -0.15) is 0 Å². The lowest BCUT2D eigenvalue weighted by Crippen LogP contribution is -2.07. The number of halogens is 2. The van der Waals surface area contributed by atoms with Gasteiger partial charge in [0.2, 0.25) is 0 Å². The summed E-state index contributed by atoms with van der Waals surface area (Å²) >= 11 is 0. The number of hydrogen-bond donors (Lipinski definition) is 2. The Hall–Kier alpha value is -2.02. The van der Waals surface area contributed by atoms with Gasteiger partial charge in [-0.15, -0.1) is 0 Å². The van der Waals surface area contributed by atoms with Crippen molar-refractivity contribution in [2.45, 2.75) is 12.8 Å². The van der Waals surface area contributed by atoms with Crippen molar-refractivity contribution in [1.29, 1.82) is 0 Å². The maximum atomic E-state index is 11.9. The van der Waals surface area contributed by atoms with E-state index in [-0.39, 0.29) is 12.2 Å². The predicted octanol–water partition coefficient (Wildman–Crippen LogP) is 2.09. The lowest BCUT2D eigenvalue weighted by Gasteiger charge is -2.00. The summed E-state index contributed by atoms with van der Waals surface area (Å²) in [6.07, 6.45) is -2.17. The van der Waals surface area contributed by atoms with Crippen LogP contribution >= 0.6 is 0 Å². The van der Waals surface area contributed by atoms with E-state index in [1.165, 1.54) is 6.07 Å². The van der Waals surface area contributed by atoms with E-state index in [9.17, 15) is 13.6 Å². The Bertz CT molecular complexity index is 583. The molecule has 0 saturated carbocycles. The third-order valence-corrected chi connectivity index (χ3v) is 2.52. The van der Waals surface area contributed by atoms with E-state index in [1.54, 1.807) is 12.1 Å². The second-order valence-electron chi connectivity index (χ2n) is 3.91. The van der Waals surface area contributed by atoms with Crippen molar-refractivity contribution in [2.24, 2.45) is 0 Å². The Morgan fingerprint density at radius 2 is 2.26 bits per heavy atom. The molecule has 0 amide bonds. The molecule has 0 aliphatic rings. The third-order valence-electron chi connectivity index (χ3n) is 2.52. The first-order valence-electron chi connectivity index (χ1n) is 5.64. The van der Waals surface area contributed by atoms with Gasteiger partial charge in [-0.3, -0.25) is 0 Å².